The van der Waals surface area contributed by atoms with E-state index in [-0.39, 0.29) is 7.43 Å². The van der Waals surface area contributed by atoms with Crippen molar-refractivity contribution in [1.29, 1.82) is 0 Å². The lowest BCUT2D eigenvalue weighted by molar-refractivity contribution is 1.44. The Balaban J connectivity index is 0. The van der Waals surface area contributed by atoms with E-state index in [0.29, 0.717) is 5.70 Å². The van der Waals surface area contributed by atoms with Gasteiger partial charge in [0.2, 0.25) is 0 Å². The lowest BCUT2D eigenvalue weighted by Crippen LogP contribution is -1.89. The second-order valence-electron chi connectivity index (χ2n) is 1.11. The topological polar surface area (TPSA) is 26.0 Å². The largest absolute Gasteiger partial charge is 0.399 e. The molecule has 0 fully saturated rings. The van der Waals surface area contributed by atoms with Gasteiger partial charge in [0.05, 0.1) is 0 Å². The Morgan fingerprint density at radius 3 is 2.00 bits per heavy atom. The molecule has 0 bridgehead atoms. The Labute approximate surface area is 51.2 Å². The summed E-state index contributed by atoms with van der Waals surface area (Å²) >= 11 is 0. The maximum Gasteiger partial charge on any atom is 0.0307 e. The summed E-state index contributed by atoms with van der Waals surface area (Å²) in [6, 6.07) is 0. The summed E-state index contributed by atoms with van der Waals surface area (Å²) in [7, 11) is 0. The molecule has 46 valence electrons. The van der Waals surface area contributed by atoms with Crippen LogP contribution in [0.25, 0.3) is 0 Å². The first-order chi connectivity index (χ1) is 3.31. The number of allylic oxidation sites excluding steroid dienone is 3. The van der Waals surface area contributed by atoms with E-state index in [1.807, 2.05) is 0 Å². The van der Waals surface area contributed by atoms with Crippen LogP contribution in [-0.4, -0.2) is 0 Å². The van der Waals surface area contributed by atoms with E-state index in [1.54, 1.807) is 18.2 Å². The zero-order valence-electron chi connectivity index (χ0n) is 4.22. The van der Waals surface area contributed by atoms with Gasteiger partial charge in [-0.15, -0.1) is 0 Å². The average Bonchev–Trinajstić information content (AvgIpc) is 1.68. The summed E-state index contributed by atoms with van der Waals surface area (Å²) in [6.45, 7) is 6.88. The molecular formula is C7H13N. The molecule has 2 N–H and O–H groups in total. The van der Waals surface area contributed by atoms with Crippen molar-refractivity contribution < 1.29 is 0 Å². The Hall–Kier alpha value is -0.980. The third-order valence-corrected chi connectivity index (χ3v) is 0.546. The van der Waals surface area contributed by atoms with Gasteiger partial charge in [0.1, 0.15) is 0 Å². The normalized spacial score (nSPS) is 9.25. The zero-order valence-corrected chi connectivity index (χ0v) is 4.22. The van der Waals surface area contributed by atoms with E-state index >= 15 is 0 Å². The van der Waals surface area contributed by atoms with Crippen LogP contribution in [0, 0.1) is 0 Å². The fraction of sp³-hybridized carbons (Fsp3) is 0.143. The van der Waals surface area contributed by atoms with Crippen LogP contribution in [0.3, 0.4) is 0 Å². The lowest BCUT2D eigenvalue weighted by atomic mass is 10.4. The predicted molar refractivity (Wildman–Crippen MR) is 39.4 cm³/mol. The van der Waals surface area contributed by atoms with Crippen molar-refractivity contribution in [1.82, 2.24) is 0 Å². The molecule has 0 aromatic rings. The number of hydrogen-bond acceptors (Lipinski definition) is 1. The maximum atomic E-state index is 5.26. The van der Waals surface area contributed by atoms with E-state index in [1.165, 1.54) is 0 Å². The van der Waals surface area contributed by atoms with Crippen molar-refractivity contribution in [2.24, 2.45) is 5.73 Å². The minimum Gasteiger partial charge on any atom is -0.399 e. The van der Waals surface area contributed by atoms with Crippen molar-refractivity contribution in [3.05, 3.63) is 37.1 Å². The SMILES string of the molecule is C.C=C/C=C(/N)C=C. The Kier molecular flexibility index (Phi) is 7.60. The van der Waals surface area contributed by atoms with Crippen molar-refractivity contribution in [2.75, 3.05) is 0 Å². The maximum absolute atomic E-state index is 5.26. The smallest absolute Gasteiger partial charge is 0.0307 e. The molecule has 0 atom stereocenters. The van der Waals surface area contributed by atoms with Gasteiger partial charge in [-0.05, 0) is 12.2 Å². The van der Waals surface area contributed by atoms with Crippen LogP contribution in [0.1, 0.15) is 7.43 Å². The van der Waals surface area contributed by atoms with Gasteiger partial charge in [-0.3, -0.25) is 0 Å². The molecule has 0 aromatic carbocycles. The van der Waals surface area contributed by atoms with Crippen molar-refractivity contribution in [3.63, 3.8) is 0 Å². The van der Waals surface area contributed by atoms with Gasteiger partial charge in [0.25, 0.3) is 0 Å². The molecule has 0 unspecified atom stereocenters. The van der Waals surface area contributed by atoms with E-state index in [2.05, 4.69) is 13.2 Å². The van der Waals surface area contributed by atoms with Crippen LogP contribution in [0.4, 0.5) is 0 Å². The molecule has 0 amide bonds. The first kappa shape index (κ1) is 10.1. The fourth-order valence-corrected chi connectivity index (χ4v) is 0.204. The molecule has 8 heavy (non-hydrogen) atoms. The summed E-state index contributed by atoms with van der Waals surface area (Å²) in [5.41, 5.74) is 5.90. The van der Waals surface area contributed by atoms with Gasteiger partial charge in [-0.2, -0.15) is 0 Å². The van der Waals surface area contributed by atoms with Crippen molar-refractivity contribution in [2.45, 2.75) is 7.43 Å². The molecule has 1 heteroatoms. The molecule has 1 nitrogen and oxygen atoms in total. The second-order valence-corrected chi connectivity index (χ2v) is 1.11. The summed E-state index contributed by atoms with van der Waals surface area (Å²) in [5.74, 6) is 0. The van der Waals surface area contributed by atoms with Crippen LogP contribution in [0.2, 0.25) is 0 Å². The summed E-state index contributed by atoms with van der Waals surface area (Å²) < 4.78 is 0. The standard InChI is InChI=1S/C6H9N.CH4/c1-3-5-6(7)4-2;/h3-5H,1-2,7H2;1H4/b6-5+;. The third-order valence-electron chi connectivity index (χ3n) is 0.546. The molecule has 0 spiro atoms. The quantitative estimate of drug-likeness (QED) is 0.540. The Morgan fingerprint density at radius 2 is 1.88 bits per heavy atom. The molecule has 0 radical (unpaired) electrons. The first-order valence-electron chi connectivity index (χ1n) is 2.02. The average molecular weight is 111 g/mol. The minimum atomic E-state index is 0. The number of rotatable bonds is 2. The molecular weight excluding hydrogens is 98.1 g/mol. The zero-order chi connectivity index (χ0) is 5.70. The van der Waals surface area contributed by atoms with Gasteiger partial charge in [0.15, 0.2) is 0 Å². The summed E-state index contributed by atoms with van der Waals surface area (Å²) in [6.07, 6.45) is 4.88. The summed E-state index contributed by atoms with van der Waals surface area (Å²) in [4.78, 5) is 0. The fourth-order valence-electron chi connectivity index (χ4n) is 0.204. The Morgan fingerprint density at radius 1 is 1.38 bits per heavy atom. The minimum absolute atomic E-state index is 0. The monoisotopic (exact) mass is 111 g/mol. The highest BCUT2D eigenvalue weighted by atomic mass is 14.5. The first-order valence-corrected chi connectivity index (χ1v) is 2.02. The van der Waals surface area contributed by atoms with Crippen LogP contribution in [0.5, 0.6) is 0 Å². The van der Waals surface area contributed by atoms with E-state index in [4.69, 9.17) is 5.73 Å². The third kappa shape index (κ3) is 5.02. The van der Waals surface area contributed by atoms with Gasteiger partial charge >= 0.3 is 0 Å². The van der Waals surface area contributed by atoms with E-state index in [0.717, 1.165) is 0 Å². The van der Waals surface area contributed by atoms with Crippen molar-refractivity contribution >= 4 is 0 Å². The van der Waals surface area contributed by atoms with E-state index < -0.39 is 0 Å². The molecule has 0 saturated carbocycles. The molecule has 0 heterocycles. The van der Waals surface area contributed by atoms with Gasteiger partial charge in [-0.25, -0.2) is 0 Å². The van der Waals surface area contributed by atoms with Crippen molar-refractivity contribution in [3.8, 4) is 0 Å². The molecule has 0 aliphatic rings. The van der Waals surface area contributed by atoms with Crippen LogP contribution in [0.15, 0.2) is 37.1 Å². The molecule has 0 rings (SSSR count). The lowest BCUT2D eigenvalue weighted by Gasteiger charge is -1.81. The number of hydrogen-bond donors (Lipinski definition) is 1. The second kappa shape index (κ2) is 6.02. The van der Waals surface area contributed by atoms with E-state index in [9.17, 15) is 0 Å². The molecule has 0 aromatic heterocycles. The highest BCUT2D eigenvalue weighted by Crippen LogP contribution is 1.81. The van der Waals surface area contributed by atoms with Crippen LogP contribution in [-0.2, 0) is 0 Å². The summed E-state index contributed by atoms with van der Waals surface area (Å²) in [5, 5.41) is 0. The molecule has 0 saturated heterocycles. The molecule has 0 aliphatic heterocycles. The van der Waals surface area contributed by atoms with Gasteiger partial charge in [-0.1, -0.05) is 26.7 Å². The Bertz CT molecular complexity index is 101. The highest BCUT2D eigenvalue weighted by Gasteiger charge is 1.68. The number of nitrogens with two attached hydrogens (primary N) is 1. The predicted octanol–water partition coefficient (Wildman–Crippen LogP) is 1.84. The van der Waals surface area contributed by atoms with Gasteiger partial charge < -0.3 is 5.73 Å². The molecule has 0 aliphatic carbocycles. The van der Waals surface area contributed by atoms with Crippen LogP contribution >= 0.6 is 0 Å². The van der Waals surface area contributed by atoms with Crippen LogP contribution < -0.4 is 5.73 Å². The highest BCUT2D eigenvalue weighted by molar-refractivity contribution is 5.16. The van der Waals surface area contributed by atoms with Gasteiger partial charge in [0, 0.05) is 5.70 Å².